The zero-order chi connectivity index (χ0) is 14.1. The molecule has 3 aromatic rings. The third-order valence-corrected chi connectivity index (χ3v) is 3.16. The second-order valence-corrected chi connectivity index (χ2v) is 4.65. The van der Waals surface area contributed by atoms with Gasteiger partial charge in [-0.1, -0.05) is 12.1 Å². The molecule has 6 heteroatoms. The number of rotatable bonds is 3. The van der Waals surface area contributed by atoms with Gasteiger partial charge in [0.05, 0.1) is 17.7 Å². The Kier molecular flexibility index (Phi) is 3.08. The fourth-order valence-corrected chi connectivity index (χ4v) is 2.07. The molecule has 3 rings (SSSR count). The summed E-state index contributed by atoms with van der Waals surface area (Å²) >= 11 is 0. The minimum Gasteiger partial charge on any atom is -0.389 e. The lowest BCUT2D eigenvalue weighted by Gasteiger charge is -2.09. The summed E-state index contributed by atoms with van der Waals surface area (Å²) in [6, 6.07) is 7.60. The molecule has 0 unspecified atom stereocenters. The smallest absolute Gasteiger partial charge is 0.163 e. The van der Waals surface area contributed by atoms with Crippen molar-refractivity contribution in [2.75, 3.05) is 5.32 Å². The molecular weight excluding hydrogens is 254 g/mol. The number of anilines is 2. The Bertz CT molecular complexity index is 750. The molecule has 0 aliphatic heterocycles. The van der Waals surface area contributed by atoms with Crippen molar-refractivity contribution in [2.24, 2.45) is 7.05 Å². The van der Waals surface area contributed by atoms with Crippen molar-refractivity contribution in [3.8, 4) is 0 Å². The highest BCUT2D eigenvalue weighted by atomic mass is 16.3. The van der Waals surface area contributed by atoms with Gasteiger partial charge in [-0.2, -0.15) is 5.10 Å². The van der Waals surface area contributed by atoms with E-state index in [9.17, 15) is 5.11 Å². The van der Waals surface area contributed by atoms with Crippen LogP contribution in [0.2, 0.25) is 0 Å². The van der Waals surface area contributed by atoms with Crippen molar-refractivity contribution < 1.29 is 5.11 Å². The van der Waals surface area contributed by atoms with Crippen molar-refractivity contribution in [1.82, 2.24) is 19.7 Å². The van der Waals surface area contributed by atoms with Crippen molar-refractivity contribution >= 4 is 22.5 Å². The number of hydrogen-bond acceptors (Lipinski definition) is 5. The van der Waals surface area contributed by atoms with Gasteiger partial charge in [-0.25, -0.2) is 9.97 Å². The molecule has 1 aromatic carbocycles. The standard InChI is InChI=1S/C14H15N5O/c1-9(20)10-4-3-5-11(6-10)18-13-12-7-17-19(2)14(12)16-8-15-13/h3-9,20H,1-2H3,(H,15,16,18)/t9-/m1/s1. The maximum absolute atomic E-state index is 9.62. The van der Waals surface area contributed by atoms with E-state index in [4.69, 9.17) is 0 Å². The number of nitrogens with one attached hydrogen (secondary N) is 1. The molecule has 0 amide bonds. The monoisotopic (exact) mass is 269 g/mol. The molecule has 2 heterocycles. The molecule has 2 aromatic heterocycles. The molecule has 6 nitrogen and oxygen atoms in total. The third-order valence-electron chi connectivity index (χ3n) is 3.16. The molecule has 2 N–H and O–H groups in total. The second kappa shape index (κ2) is 4.90. The molecule has 1 atom stereocenters. The van der Waals surface area contributed by atoms with Crippen molar-refractivity contribution in [3.05, 3.63) is 42.4 Å². The predicted octanol–water partition coefficient (Wildman–Crippen LogP) is 2.16. The maximum Gasteiger partial charge on any atom is 0.163 e. The highest BCUT2D eigenvalue weighted by Gasteiger charge is 2.08. The largest absolute Gasteiger partial charge is 0.389 e. The van der Waals surface area contributed by atoms with Gasteiger partial charge in [-0.05, 0) is 24.6 Å². The zero-order valence-corrected chi connectivity index (χ0v) is 11.3. The van der Waals surface area contributed by atoms with Crippen molar-refractivity contribution in [3.63, 3.8) is 0 Å². The number of aliphatic hydroxyl groups is 1. The first-order chi connectivity index (χ1) is 9.65. The van der Waals surface area contributed by atoms with Crippen LogP contribution in [0.15, 0.2) is 36.8 Å². The normalized spacial score (nSPS) is 12.6. The Hall–Kier alpha value is -2.47. The summed E-state index contributed by atoms with van der Waals surface area (Å²) < 4.78 is 1.70. The topological polar surface area (TPSA) is 75.9 Å². The summed E-state index contributed by atoms with van der Waals surface area (Å²) in [6.45, 7) is 1.74. The van der Waals surface area contributed by atoms with Crippen LogP contribution in [-0.4, -0.2) is 24.9 Å². The molecule has 102 valence electrons. The third kappa shape index (κ3) is 2.21. The second-order valence-electron chi connectivity index (χ2n) is 4.65. The number of aryl methyl sites for hydroxylation is 1. The Labute approximate surface area is 116 Å². The van der Waals surface area contributed by atoms with Crippen LogP contribution >= 0.6 is 0 Å². The first-order valence-electron chi connectivity index (χ1n) is 6.33. The van der Waals surface area contributed by atoms with Crippen LogP contribution in [0.3, 0.4) is 0 Å². The van der Waals surface area contributed by atoms with Crippen molar-refractivity contribution in [2.45, 2.75) is 13.0 Å². The molecule has 0 aliphatic rings. The Morgan fingerprint density at radius 2 is 2.15 bits per heavy atom. The minimum absolute atomic E-state index is 0.499. The lowest BCUT2D eigenvalue weighted by molar-refractivity contribution is 0.199. The SMILES string of the molecule is C[C@@H](O)c1cccc(Nc2ncnc3c2cnn3C)c1. The summed E-state index contributed by atoms with van der Waals surface area (Å²) in [5, 5.41) is 17.9. The van der Waals surface area contributed by atoms with Crippen LogP contribution in [0.4, 0.5) is 11.5 Å². The van der Waals surface area contributed by atoms with E-state index in [0.717, 1.165) is 22.3 Å². The summed E-state index contributed by atoms with van der Waals surface area (Å²) in [7, 11) is 1.84. The summed E-state index contributed by atoms with van der Waals surface area (Å²) in [6.07, 6.45) is 2.74. The molecule has 0 fully saturated rings. The Balaban J connectivity index is 1.99. The summed E-state index contributed by atoms with van der Waals surface area (Å²) in [5.74, 6) is 0.700. The molecule has 0 saturated carbocycles. The predicted molar refractivity (Wildman–Crippen MR) is 76.7 cm³/mol. The highest BCUT2D eigenvalue weighted by molar-refractivity contribution is 5.88. The van der Waals surface area contributed by atoms with Crippen LogP contribution < -0.4 is 5.32 Å². The van der Waals surface area contributed by atoms with Gasteiger partial charge in [-0.3, -0.25) is 4.68 Å². The number of fused-ring (bicyclic) bond motifs is 1. The van der Waals surface area contributed by atoms with E-state index in [1.807, 2.05) is 31.3 Å². The van der Waals surface area contributed by atoms with E-state index in [1.54, 1.807) is 17.8 Å². The minimum atomic E-state index is -0.499. The Morgan fingerprint density at radius 3 is 2.95 bits per heavy atom. The molecule has 0 radical (unpaired) electrons. The average molecular weight is 269 g/mol. The van der Waals surface area contributed by atoms with Gasteiger partial charge in [-0.15, -0.1) is 0 Å². The van der Waals surface area contributed by atoms with Crippen LogP contribution in [-0.2, 0) is 7.05 Å². The highest BCUT2D eigenvalue weighted by Crippen LogP contribution is 2.24. The molecular formula is C14H15N5O. The number of hydrogen-bond donors (Lipinski definition) is 2. The molecule has 0 saturated heterocycles. The van der Waals surface area contributed by atoms with Crippen LogP contribution in [0.5, 0.6) is 0 Å². The number of aliphatic hydroxyl groups excluding tert-OH is 1. The van der Waals surface area contributed by atoms with Gasteiger partial charge in [0.1, 0.15) is 12.1 Å². The summed E-state index contributed by atoms with van der Waals surface area (Å²) in [4.78, 5) is 8.45. The number of aromatic nitrogens is 4. The van der Waals surface area contributed by atoms with Crippen LogP contribution in [0.1, 0.15) is 18.6 Å². The van der Waals surface area contributed by atoms with E-state index >= 15 is 0 Å². The molecule has 20 heavy (non-hydrogen) atoms. The van der Waals surface area contributed by atoms with E-state index in [1.165, 1.54) is 6.33 Å². The quantitative estimate of drug-likeness (QED) is 0.762. The average Bonchev–Trinajstić information content (AvgIpc) is 2.82. The number of benzene rings is 1. The Morgan fingerprint density at radius 1 is 1.30 bits per heavy atom. The van der Waals surface area contributed by atoms with E-state index in [0.29, 0.717) is 5.82 Å². The first kappa shape index (κ1) is 12.6. The molecule has 0 bridgehead atoms. The lowest BCUT2D eigenvalue weighted by Crippen LogP contribution is -1.98. The van der Waals surface area contributed by atoms with Gasteiger partial charge in [0.25, 0.3) is 0 Å². The van der Waals surface area contributed by atoms with E-state index < -0.39 is 6.10 Å². The van der Waals surface area contributed by atoms with E-state index in [2.05, 4.69) is 20.4 Å². The van der Waals surface area contributed by atoms with Crippen molar-refractivity contribution in [1.29, 1.82) is 0 Å². The van der Waals surface area contributed by atoms with Crippen LogP contribution in [0, 0.1) is 0 Å². The van der Waals surface area contributed by atoms with Gasteiger partial charge >= 0.3 is 0 Å². The lowest BCUT2D eigenvalue weighted by atomic mass is 10.1. The zero-order valence-electron chi connectivity index (χ0n) is 11.3. The van der Waals surface area contributed by atoms with Gasteiger partial charge < -0.3 is 10.4 Å². The maximum atomic E-state index is 9.62. The van der Waals surface area contributed by atoms with Gasteiger partial charge in [0, 0.05) is 12.7 Å². The van der Waals surface area contributed by atoms with Crippen LogP contribution in [0.25, 0.3) is 11.0 Å². The van der Waals surface area contributed by atoms with E-state index in [-0.39, 0.29) is 0 Å². The van der Waals surface area contributed by atoms with Gasteiger partial charge in [0.15, 0.2) is 5.65 Å². The fraction of sp³-hybridized carbons (Fsp3) is 0.214. The molecule has 0 spiro atoms. The summed E-state index contributed by atoms with van der Waals surface area (Å²) in [5.41, 5.74) is 2.49. The molecule has 0 aliphatic carbocycles. The fourth-order valence-electron chi connectivity index (χ4n) is 2.07. The van der Waals surface area contributed by atoms with Gasteiger partial charge in [0.2, 0.25) is 0 Å². The number of nitrogens with zero attached hydrogens (tertiary/aromatic N) is 4. The first-order valence-corrected chi connectivity index (χ1v) is 6.33.